The summed E-state index contributed by atoms with van der Waals surface area (Å²) in [4.78, 5) is 12.4. The minimum atomic E-state index is -0.408. The number of aryl methyl sites for hydroxylation is 1. The zero-order chi connectivity index (χ0) is 23.2. The molecule has 0 unspecified atom stereocenters. The number of hydrogen-bond donors (Lipinski definition) is 1. The van der Waals surface area contributed by atoms with Crippen molar-refractivity contribution in [3.63, 3.8) is 0 Å². The lowest BCUT2D eigenvalue weighted by molar-refractivity contribution is -0.118. The number of hydrazone groups is 1. The minimum Gasteiger partial charge on any atom is -0.299 e. The second-order valence-electron chi connectivity index (χ2n) is 8.08. The molecule has 0 saturated heterocycles. The molecule has 6 nitrogen and oxygen atoms in total. The number of aromatic nitrogens is 3. The summed E-state index contributed by atoms with van der Waals surface area (Å²) in [6.07, 6.45) is 7.07. The van der Waals surface area contributed by atoms with E-state index >= 15 is 0 Å². The number of thioether (sulfide) groups is 1. The summed E-state index contributed by atoms with van der Waals surface area (Å²) in [6, 6.07) is 13.1. The van der Waals surface area contributed by atoms with Crippen LogP contribution < -0.4 is 5.43 Å². The molecule has 1 aliphatic rings. The van der Waals surface area contributed by atoms with Gasteiger partial charge in [0.15, 0.2) is 11.0 Å². The van der Waals surface area contributed by atoms with Crippen LogP contribution in [0.25, 0.3) is 11.4 Å². The first-order valence-electron chi connectivity index (χ1n) is 10.9. The van der Waals surface area contributed by atoms with Crippen LogP contribution in [0.5, 0.6) is 0 Å². The van der Waals surface area contributed by atoms with Gasteiger partial charge in [-0.05, 0) is 38.0 Å². The van der Waals surface area contributed by atoms with E-state index in [1.165, 1.54) is 48.9 Å². The van der Waals surface area contributed by atoms with Crippen molar-refractivity contribution in [2.75, 3.05) is 5.75 Å². The van der Waals surface area contributed by atoms with Crippen LogP contribution in [0, 0.1) is 12.7 Å². The van der Waals surface area contributed by atoms with Gasteiger partial charge >= 0.3 is 0 Å². The lowest BCUT2D eigenvalue weighted by atomic mass is 9.95. The van der Waals surface area contributed by atoms with E-state index in [0.717, 1.165) is 33.9 Å². The van der Waals surface area contributed by atoms with Crippen molar-refractivity contribution in [1.29, 1.82) is 0 Å². The van der Waals surface area contributed by atoms with Gasteiger partial charge in [0.1, 0.15) is 5.82 Å². The highest BCUT2D eigenvalue weighted by Gasteiger charge is 2.24. The molecule has 2 aromatic carbocycles. The Labute approximate surface area is 205 Å². The van der Waals surface area contributed by atoms with Crippen LogP contribution in [0.15, 0.2) is 57.2 Å². The van der Waals surface area contributed by atoms with Gasteiger partial charge in [-0.1, -0.05) is 76.8 Å². The van der Waals surface area contributed by atoms with E-state index < -0.39 is 5.82 Å². The summed E-state index contributed by atoms with van der Waals surface area (Å²) in [7, 11) is 0. The number of halogens is 2. The largest absolute Gasteiger partial charge is 0.299 e. The summed E-state index contributed by atoms with van der Waals surface area (Å²) in [5.41, 5.74) is 4.97. The van der Waals surface area contributed by atoms with Crippen molar-refractivity contribution in [2.45, 2.75) is 50.2 Å². The monoisotopic (exact) mass is 529 g/mol. The zero-order valence-corrected chi connectivity index (χ0v) is 20.7. The summed E-state index contributed by atoms with van der Waals surface area (Å²) >= 11 is 4.64. The zero-order valence-electron chi connectivity index (χ0n) is 18.3. The molecule has 4 rings (SSSR count). The third-order valence-corrected chi connectivity index (χ3v) is 7.03. The Morgan fingerprint density at radius 1 is 1.21 bits per heavy atom. The predicted molar refractivity (Wildman–Crippen MR) is 133 cm³/mol. The van der Waals surface area contributed by atoms with E-state index in [0.29, 0.717) is 6.04 Å². The molecule has 1 N–H and O–H groups in total. The van der Waals surface area contributed by atoms with Crippen molar-refractivity contribution < 1.29 is 9.18 Å². The molecule has 0 atom stereocenters. The first-order valence-corrected chi connectivity index (χ1v) is 12.7. The van der Waals surface area contributed by atoms with Gasteiger partial charge in [0, 0.05) is 21.6 Å². The van der Waals surface area contributed by atoms with Crippen LogP contribution in [0.1, 0.15) is 49.3 Å². The van der Waals surface area contributed by atoms with Gasteiger partial charge in [-0.15, -0.1) is 10.2 Å². The number of benzene rings is 2. The molecule has 0 spiro atoms. The Bertz CT molecular complexity index is 1140. The Morgan fingerprint density at radius 2 is 1.97 bits per heavy atom. The SMILES string of the molecule is Cc1ccc(-c2nnc(SCC(=O)N/N=C\c3cc(Br)ccc3F)n2C2CCCCC2)cc1. The lowest BCUT2D eigenvalue weighted by Crippen LogP contribution is -2.21. The molecule has 172 valence electrons. The van der Waals surface area contributed by atoms with E-state index in [1.807, 2.05) is 0 Å². The normalized spacial score (nSPS) is 14.6. The number of hydrogen-bond acceptors (Lipinski definition) is 5. The number of carbonyl (C=O) groups excluding carboxylic acids is 1. The van der Waals surface area contributed by atoms with Crippen LogP contribution >= 0.6 is 27.7 Å². The molecule has 1 aliphatic carbocycles. The number of nitrogens with zero attached hydrogens (tertiary/aromatic N) is 4. The van der Waals surface area contributed by atoms with Gasteiger partial charge in [0.25, 0.3) is 5.91 Å². The maximum absolute atomic E-state index is 13.8. The molecule has 1 amide bonds. The summed E-state index contributed by atoms with van der Waals surface area (Å²) < 4.78 is 16.7. The molecular formula is C24H25BrFN5OS. The third kappa shape index (κ3) is 6.09. The van der Waals surface area contributed by atoms with E-state index in [1.54, 1.807) is 12.1 Å². The Kier molecular flexibility index (Phi) is 7.93. The van der Waals surface area contributed by atoms with Crippen molar-refractivity contribution >= 4 is 39.8 Å². The number of nitrogens with one attached hydrogen (secondary N) is 1. The van der Waals surface area contributed by atoms with E-state index in [-0.39, 0.29) is 17.2 Å². The molecule has 33 heavy (non-hydrogen) atoms. The topological polar surface area (TPSA) is 72.2 Å². The van der Waals surface area contributed by atoms with Crippen molar-refractivity contribution in [2.24, 2.45) is 5.10 Å². The van der Waals surface area contributed by atoms with Crippen LogP contribution in [0.2, 0.25) is 0 Å². The molecule has 1 aromatic heterocycles. The molecule has 9 heteroatoms. The molecular weight excluding hydrogens is 505 g/mol. The van der Waals surface area contributed by atoms with E-state index in [2.05, 4.69) is 72.4 Å². The second kappa shape index (κ2) is 11.1. The Hall–Kier alpha value is -2.52. The number of amides is 1. The average Bonchev–Trinajstić information content (AvgIpc) is 3.25. The van der Waals surface area contributed by atoms with E-state index in [4.69, 9.17) is 0 Å². The first kappa shape index (κ1) is 23.6. The smallest absolute Gasteiger partial charge is 0.250 e. The molecule has 0 radical (unpaired) electrons. The summed E-state index contributed by atoms with van der Waals surface area (Å²) in [5, 5.41) is 13.5. The number of carbonyl (C=O) groups is 1. The van der Waals surface area contributed by atoms with Crippen molar-refractivity contribution in [3.05, 3.63) is 63.9 Å². The highest BCUT2D eigenvalue weighted by molar-refractivity contribution is 9.10. The minimum absolute atomic E-state index is 0.136. The summed E-state index contributed by atoms with van der Waals surface area (Å²) in [5.74, 6) is 0.279. The fourth-order valence-corrected chi connectivity index (χ4v) is 5.07. The maximum Gasteiger partial charge on any atom is 0.250 e. The Morgan fingerprint density at radius 3 is 2.73 bits per heavy atom. The molecule has 3 aromatic rings. The van der Waals surface area contributed by atoms with E-state index in [9.17, 15) is 9.18 Å². The van der Waals surface area contributed by atoms with Crippen LogP contribution in [-0.4, -0.2) is 32.6 Å². The first-order chi connectivity index (χ1) is 16.0. The van der Waals surface area contributed by atoms with Gasteiger partial charge in [-0.2, -0.15) is 5.10 Å². The summed E-state index contributed by atoms with van der Waals surface area (Å²) in [6.45, 7) is 2.06. The third-order valence-electron chi connectivity index (χ3n) is 5.60. The molecule has 1 heterocycles. The maximum atomic E-state index is 13.8. The average molecular weight is 530 g/mol. The quantitative estimate of drug-likeness (QED) is 0.235. The van der Waals surface area contributed by atoms with Gasteiger partial charge < -0.3 is 0 Å². The standard InChI is InChI=1S/C24H25BrFN5OS/c1-16-7-9-17(10-8-16)23-29-30-24(31(23)20-5-3-2-4-6-20)33-15-22(32)28-27-14-18-13-19(25)11-12-21(18)26/h7-14,20H,2-6,15H2,1H3,(H,28,32)/b27-14-. The molecule has 0 aliphatic heterocycles. The molecule has 0 bridgehead atoms. The fourth-order valence-electron chi connectivity index (χ4n) is 3.89. The highest BCUT2D eigenvalue weighted by Crippen LogP contribution is 2.35. The van der Waals surface area contributed by atoms with Crippen molar-refractivity contribution in [3.8, 4) is 11.4 Å². The number of rotatable bonds is 7. The van der Waals surface area contributed by atoms with Gasteiger partial charge in [0.05, 0.1) is 12.0 Å². The van der Waals surface area contributed by atoms with Crippen molar-refractivity contribution in [1.82, 2.24) is 20.2 Å². The van der Waals surface area contributed by atoms with Gasteiger partial charge in [-0.25, -0.2) is 9.82 Å². The van der Waals surface area contributed by atoms with Crippen LogP contribution in [0.3, 0.4) is 0 Å². The molecule has 1 saturated carbocycles. The highest BCUT2D eigenvalue weighted by atomic mass is 79.9. The van der Waals surface area contributed by atoms with Gasteiger partial charge in [0.2, 0.25) is 0 Å². The van der Waals surface area contributed by atoms with Crippen LogP contribution in [-0.2, 0) is 4.79 Å². The fraction of sp³-hybridized carbons (Fsp3) is 0.333. The van der Waals surface area contributed by atoms with Gasteiger partial charge in [-0.3, -0.25) is 9.36 Å². The van der Waals surface area contributed by atoms with Crippen LogP contribution in [0.4, 0.5) is 4.39 Å². The molecule has 1 fully saturated rings. The lowest BCUT2D eigenvalue weighted by Gasteiger charge is -2.25. The predicted octanol–water partition coefficient (Wildman–Crippen LogP) is 5.90. The second-order valence-corrected chi connectivity index (χ2v) is 9.94. The Balaban J connectivity index is 1.46.